The van der Waals surface area contributed by atoms with Gasteiger partial charge in [0.25, 0.3) is 0 Å². The maximum atomic E-state index is 5.49. The van der Waals surface area contributed by atoms with Crippen molar-refractivity contribution >= 4 is 45.1 Å². The van der Waals surface area contributed by atoms with E-state index in [0.29, 0.717) is 17.1 Å². The van der Waals surface area contributed by atoms with Crippen LogP contribution in [0.1, 0.15) is 41.9 Å². The number of allylic oxidation sites excluding steroid dienone is 7. The third kappa shape index (κ3) is 4.52. The second kappa shape index (κ2) is 11.3. The number of para-hydroxylation sites is 1. The molecule has 0 spiro atoms. The highest BCUT2D eigenvalue weighted by molar-refractivity contribution is 8.00. The van der Waals surface area contributed by atoms with Gasteiger partial charge in [-0.1, -0.05) is 127 Å². The van der Waals surface area contributed by atoms with Crippen molar-refractivity contribution in [1.29, 1.82) is 0 Å². The van der Waals surface area contributed by atoms with E-state index in [1.54, 1.807) is 0 Å². The summed E-state index contributed by atoms with van der Waals surface area (Å²) in [5.41, 5.74) is 12.3. The molecule has 4 atom stereocenters. The van der Waals surface area contributed by atoms with Crippen molar-refractivity contribution in [1.82, 2.24) is 4.57 Å². The Hall–Kier alpha value is -5.45. The number of rotatable bonds is 5. The van der Waals surface area contributed by atoms with Crippen molar-refractivity contribution in [2.45, 2.75) is 40.9 Å². The number of hydrogen-bond acceptors (Lipinski definition) is 3. The van der Waals surface area contributed by atoms with E-state index in [4.69, 9.17) is 9.98 Å². The van der Waals surface area contributed by atoms with Crippen LogP contribution in [0.4, 0.5) is 0 Å². The van der Waals surface area contributed by atoms with Crippen LogP contribution in [0.15, 0.2) is 178 Å². The fourth-order valence-electron chi connectivity index (χ4n) is 8.94. The number of benzene rings is 5. The maximum Gasteiger partial charge on any atom is 0.155 e. The lowest BCUT2D eigenvalue weighted by molar-refractivity contribution is 0.699. The molecule has 0 saturated heterocycles. The van der Waals surface area contributed by atoms with Crippen LogP contribution in [0, 0.1) is 5.92 Å². The first-order valence-electron chi connectivity index (χ1n) is 18.1. The number of thioether (sulfide) groups is 1. The number of aliphatic imine (C=N–C) groups is 2. The van der Waals surface area contributed by atoms with Crippen LogP contribution in [0.25, 0.3) is 38.6 Å². The van der Waals surface area contributed by atoms with Crippen LogP contribution in [0.5, 0.6) is 0 Å². The summed E-state index contributed by atoms with van der Waals surface area (Å²) in [6.07, 6.45) is 18.9. The highest BCUT2D eigenvalue weighted by Crippen LogP contribution is 2.60. The number of fused-ring (bicyclic) bond motifs is 7. The van der Waals surface area contributed by atoms with Crippen molar-refractivity contribution in [3.8, 4) is 16.8 Å². The van der Waals surface area contributed by atoms with Gasteiger partial charge < -0.3 is 4.57 Å². The smallest absolute Gasteiger partial charge is 0.155 e. The summed E-state index contributed by atoms with van der Waals surface area (Å²) in [5, 5.41) is 3.03. The molecule has 0 radical (unpaired) electrons. The Kier molecular flexibility index (Phi) is 6.48. The van der Waals surface area contributed by atoms with E-state index in [1.165, 1.54) is 65.9 Å². The first kappa shape index (κ1) is 29.3. The summed E-state index contributed by atoms with van der Waals surface area (Å²) in [6, 6.07) is 42.5. The average molecular weight is 674 g/mol. The zero-order chi connectivity index (χ0) is 33.5. The molecule has 5 aromatic carbocycles. The Morgan fingerprint density at radius 1 is 0.725 bits per heavy atom. The Morgan fingerprint density at radius 3 is 2.51 bits per heavy atom. The highest BCUT2D eigenvalue weighted by Gasteiger charge is 2.60. The van der Waals surface area contributed by atoms with Crippen LogP contribution < -0.4 is 0 Å². The lowest BCUT2D eigenvalue weighted by Crippen LogP contribution is -2.24. The van der Waals surface area contributed by atoms with E-state index in [1.807, 2.05) is 11.8 Å². The van der Waals surface area contributed by atoms with Crippen molar-refractivity contribution in [2.24, 2.45) is 15.9 Å². The molecular weight excluding hydrogens is 639 g/mol. The van der Waals surface area contributed by atoms with Gasteiger partial charge in [-0.05, 0) is 77.4 Å². The molecule has 2 aliphatic heterocycles. The molecule has 244 valence electrons. The van der Waals surface area contributed by atoms with Crippen molar-refractivity contribution in [3.05, 3.63) is 180 Å². The van der Waals surface area contributed by atoms with Gasteiger partial charge in [0.15, 0.2) is 5.84 Å². The van der Waals surface area contributed by atoms with Crippen LogP contribution in [-0.2, 0) is 5.54 Å². The molecule has 11 rings (SSSR count). The standard InChI is InChI=1S/C47H35N3S/c1-3-13-30(14-4-1)44-40-29-47(40,49-46(48-44)31-15-5-2-6-16-31)33-17-11-18-34(28-33)50-41-23-9-7-19-36(41)39-27-32(25-26-42(39)50)35-21-12-22-38-37-20-8-10-24-43(37)51-45(35)38/h1-3,5-13,15-28,37,40,43H,4,14,29H2. The zero-order valence-corrected chi connectivity index (χ0v) is 28.9. The fraction of sp³-hybridized carbons (Fsp3) is 0.149. The Morgan fingerprint density at radius 2 is 1.59 bits per heavy atom. The Bertz CT molecular complexity index is 2620. The predicted molar refractivity (Wildman–Crippen MR) is 214 cm³/mol. The summed E-state index contributed by atoms with van der Waals surface area (Å²) < 4.78 is 2.45. The number of nitrogens with zero attached hydrogens (tertiary/aromatic N) is 3. The van der Waals surface area contributed by atoms with E-state index < -0.39 is 0 Å². The van der Waals surface area contributed by atoms with Crippen molar-refractivity contribution in [3.63, 3.8) is 0 Å². The lowest BCUT2D eigenvalue weighted by atomic mass is 9.90. The Labute approximate surface area is 302 Å². The summed E-state index contributed by atoms with van der Waals surface area (Å²) >= 11 is 2.01. The molecule has 1 fully saturated rings. The molecule has 3 aliphatic carbocycles. The first-order valence-corrected chi connectivity index (χ1v) is 19.0. The van der Waals surface area contributed by atoms with Gasteiger partial charge in [0.1, 0.15) is 0 Å². The quantitative estimate of drug-likeness (QED) is 0.179. The van der Waals surface area contributed by atoms with Crippen LogP contribution in [-0.4, -0.2) is 21.4 Å². The molecule has 4 unspecified atom stereocenters. The van der Waals surface area contributed by atoms with Gasteiger partial charge in [0.05, 0.1) is 22.3 Å². The molecular formula is C47H35N3S. The first-order chi connectivity index (χ1) is 25.2. The van der Waals surface area contributed by atoms with E-state index in [2.05, 4.69) is 162 Å². The normalized spacial score (nSPS) is 24.2. The SMILES string of the molecule is C1=CCCC(C2=NC(c3ccccc3)=NC3(c4cccc(-n5c6ccccc6c6cc(-c7cccc8c7SC7C=CC=CC87)ccc65)c4)CC23)=C1. The minimum Gasteiger partial charge on any atom is -0.309 e. The molecule has 1 aromatic heterocycles. The minimum atomic E-state index is -0.306. The number of aromatic nitrogens is 1. The van der Waals surface area contributed by atoms with E-state index in [9.17, 15) is 0 Å². The number of amidine groups is 1. The third-order valence-corrected chi connectivity index (χ3v) is 12.9. The molecule has 6 aromatic rings. The molecule has 1 saturated carbocycles. The number of hydrogen-bond donors (Lipinski definition) is 0. The largest absolute Gasteiger partial charge is 0.309 e. The molecule has 5 aliphatic rings. The van der Waals surface area contributed by atoms with Gasteiger partial charge in [-0.25, -0.2) is 4.99 Å². The van der Waals surface area contributed by atoms with E-state index >= 15 is 0 Å². The van der Waals surface area contributed by atoms with Gasteiger partial charge in [0, 0.05) is 44.0 Å². The van der Waals surface area contributed by atoms with Gasteiger partial charge in [-0.2, -0.15) is 0 Å². The summed E-state index contributed by atoms with van der Waals surface area (Å²) in [7, 11) is 0. The van der Waals surface area contributed by atoms with Gasteiger partial charge in [-0.3, -0.25) is 4.99 Å². The monoisotopic (exact) mass is 673 g/mol. The second-order valence-electron chi connectivity index (χ2n) is 14.4. The fourth-order valence-corrected chi connectivity index (χ4v) is 10.4. The predicted octanol–water partition coefficient (Wildman–Crippen LogP) is 11.5. The molecule has 0 bridgehead atoms. The van der Waals surface area contributed by atoms with Gasteiger partial charge in [-0.15, -0.1) is 11.8 Å². The van der Waals surface area contributed by atoms with Gasteiger partial charge in [0.2, 0.25) is 0 Å². The van der Waals surface area contributed by atoms with E-state index in [0.717, 1.165) is 30.7 Å². The summed E-state index contributed by atoms with van der Waals surface area (Å²) in [4.78, 5) is 12.2. The average Bonchev–Trinajstić information content (AvgIpc) is 3.71. The lowest BCUT2D eigenvalue weighted by Gasteiger charge is -2.23. The molecule has 0 amide bonds. The minimum absolute atomic E-state index is 0.291. The third-order valence-electron chi connectivity index (χ3n) is 11.5. The summed E-state index contributed by atoms with van der Waals surface area (Å²) in [6.45, 7) is 0. The molecule has 3 heterocycles. The second-order valence-corrected chi connectivity index (χ2v) is 15.6. The highest BCUT2D eigenvalue weighted by atomic mass is 32.2. The molecule has 0 N–H and O–H groups in total. The van der Waals surface area contributed by atoms with Gasteiger partial charge >= 0.3 is 0 Å². The van der Waals surface area contributed by atoms with Crippen molar-refractivity contribution < 1.29 is 0 Å². The Balaban J connectivity index is 1.03. The van der Waals surface area contributed by atoms with Crippen molar-refractivity contribution in [2.75, 3.05) is 0 Å². The van der Waals surface area contributed by atoms with Crippen LogP contribution in [0.3, 0.4) is 0 Å². The van der Waals surface area contributed by atoms with E-state index in [-0.39, 0.29) is 5.54 Å². The summed E-state index contributed by atoms with van der Waals surface area (Å²) in [5.74, 6) is 1.59. The molecule has 4 heteroatoms. The van der Waals surface area contributed by atoms with Crippen LogP contribution >= 0.6 is 11.8 Å². The topological polar surface area (TPSA) is 29.6 Å². The van der Waals surface area contributed by atoms with Crippen LogP contribution in [0.2, 0.25) is 0 Å². The molecule has 51 heavy (non-hydrogen) atoms. The zero-order valence-electron chi connectivity index (χ0n) is 28.1. The maximum absolute atomic E-state index is 5.49. The molecule has 3 nitrogen and oxygen atoms in total.